The average molecular weight is 280 g/mol. The number of aromatic nitrogens is 1. The van der Waals surface area contributed by atoms with Crippen molar-refractivity contribution in [1.29, 1.82) is 0 Å². The average Bonchev–Trinajstić information content (AvgIpc) is 2.09. The molecule has 0 spiro atoms. The fourth-order valence-corrected chi connectivity index (χ4v) is 1.80. The molecule has 0 aliphatic carbocycles. The highest BCUT2D eigenvalue weighted by Gasteiger charge is 2.19. The van der Waals surface area contributed by atoms with Crippen molar-refractivity contribution >= 4 is 21.9 Å². The van der Waals surface area contributed by atoms with Crippen molar-refractivity contribution < 1.29 is 18.7 Å². The van der Waals surface area contributed by atoms with Crippen LogP contribution in [0.1, 0.15) is 23.2 Å². The first-order valence-corrected chi connectivity index (χ1v) is 4.86. The zero-order chi connectivity index (χ0) is 11.6. The normalized spacial score (nSPS) is 10.7. The quantitative estimate of drug-likeness (QED) is 0.926. The zero-order valence-corrected chi connectivity index (χ0v) is 9.38. The Morgan fingerprint density at radius 1 is 1.67 bits per heavy atom. The van der Waals surface area contributed by atoms with E-state index < -0.39 is 12.4 Å². The molecule has 0 aromatic carbocycles. The second-order valence-corrected chi connectivity index (χ2v) is 3.82. The lowest BCUT2D eigenvalue weighted by atomic mass is 10.1. The van der Waals surface area contributed by atoms with Crippen LogP contribution in [-0.4, -0.2) is 16.1 Å². The summed E-state index contributed by atoms with van der Waals surface area (Å²) in [6, 6.07) is 0. The summed E-state index contributed by atoms with van der Waals surface area (Å²) in [6.07, 6.45) is -1.79. The molecule has 82 valence electrons. The van der Waals surface area contributed by atoms with Crippen LogP contribution in [0, 0.1) is 6.92 Å². The first-order valence-electron chi connectivity index (χ1n) is 4.07. The van der Waals surface area contributed by atoms with E-state index >= 15 is 0 Å². The van der Waals surface area contributed by atoms with Gasteiger partial charge in [-0.1, -0.05) is 0 Å². The molecule has 6 heteroatoms. The van der Waals surface area contributed by atoms with E-state index in [1.165, 1.54) is 13.1 Å². The topological polar surface area (TPSA) is 50.2 Å². The molecule has 0 saturated heterocycles. The second-order valence-electron chi connectivity index (χ2n) is 2.96. The van der Waals surface area contributed by atoms with Crippen molar-refractivity contribution in [2.24, 2.45) is 0 Å². The third-order valence-corrected chi connectivity index (χ3v) is 2.60. The Kier molecular flexibility index (Phi) is 3.73. The molecular formula is C9H8BrF2NO2. The minimum absolute atomic E-state index is 0.168. The molecule has 1 aromatic heterocycles. The number of carboxylic acid groups (broad SMARTS) is 1. The lowest BCUT2D eigenvalue weighted by Gasteiger charge is -2.10. The SMILES string of the molecule is Cc1c(CC(=O)O)ncc(Br)c1C(F)F. The first-order chi connectivity index (χ1) is 6.93. The van der Waals surface area contributed by atoms with E-state index in [4.69, 9.17) is 5.11 Å². The molecule has 1 rings (SSSR count). The number of rotatable bonds is 3. The number of nitrogens with zero attached hydrogens (tertiary/aromatic N) is 1. The third-order valence-electron chi connectivity index (χ3n) is 1.96. The highest BCUT2D eigenvalue weighted by atomic mass is 79.9. The van der Waals surface area contributed by atoms with Crippen LogP contribution in [0.15, 0.2) is 10.7 Å². The number of carboxylic acids is 1. The van der Waals surface area contributed by atoms with Gasteiger partial charge in [-0.25, -0.2) is 8.78 Å². The number of hydrogen-bond acceptors (Lipinski definition) is 2. The van der Waals surface area contributed by atoms with Gasteiger partial charge in [0.05, 0.1) is 12.1 Å². The molecule has 0 bridgehead atoms. The van der Waals surface area contributed by atoms with Crippen LogP contribution < -0.4 is 0 Å². The lowest BCUT2D eigenvalue weighted by molar-refractivity contribution is -0.136. The van der Waals surface area contributed by atoms with Gasteiger partial charge in [-0.2, -0.15) is 0 Å². The summed E-state index contributed by atoms with van der Waals surface area (Å²) in [5.41, 5.74) is 0.198. The van der Waals surface area contributed by atoms with E-state index in [9.17, 15) is 13.6 Å². The zero-order valence-electron chi connectivity index (χ0n) is 7.80. The van der Waals surface area contributed by atoms with Crippen LogP contribution in [0.3, 0.4) is 0 Å². The number of alkyl halides is 2. The van der Waals surface area contributed by atoms with Gasteiger partial charge in [-0.3, -0.25) is 9.78 Å². The van der Waals surface area contributed by atoms with Crippen molar-refractivity contribution in [3.63, 3.8) is 0 Å². The van der Waals surface area contributed by atoms with E-state index in [0.29, 0.717) is 0 Å². The predicted octanol–water partition coefficient (Wildman–Crippen LogP) is 2.72. The standard InChI is InChI=1S/C9H8BrF2NO2/c1-4-6(2-7(14)15)13-3-5(10)8(4)9(11)12/h3,9H,2H2,1H3,(H,14,15). The summed E-state index contributed by atoms with van der Waals surface area (Å²) in [7, 11) is 0. The molecule has 1 heterocycles. The monoisotopic (exact) mass is 279 g/mol. The third kappa shape index (κ3) is 2.71. The molecule has 0 radical (unpaired) electrons. The molecular weight excluding hydrogens is 272 g/mol. The van der Waals surface area contributed by atoms with Crippen molar-refractivity contribution in [2.75, 3.05) is 0 Å². The molecule has 0 saturated carbocycles. The van der Waals surface area contributed by atoms with E-state index in [-0.39, 0.29) is 27.7 Å². The van der Waals surface area contributed by atoms with Gasteiger partial charge in [-0.05, 0) is 28.4 Å². The van der Waals surface area contributed by atoms with Crippen LogP contribution in [0.5, 0.6) is 0 Å². The fourth-order valence-electron chi connectivity index (χ4n) is 1.22. The van der Waals surface area contributed by atoms with Crippen molar-refractivity contribution in [2.45, 2.75) is 19.8 Å². The Bertz CT molecular complexity index is 396. The largest absolute Gasteiger partial charge is 0.481 e. The van der Waals surface area contributed by atoms with Gasteiger partial charge in [0.1, 0.15) is 0 Å². The van der Waals surface area contributed by atoms with Crippen molar-refractivity contribution in [1.82, 2.24) is 4.98 Å². The molecule has 0 aliphatic rings. The van der Waals surface area contributed by atoms with Gasteiger partial charge in [0.15, 0.2) is 0 Å². The summed E-state index contributed by atoms with van der Waals surface area (Å²) in [6.45, 7) is 1.44. The molecule has 0 fully saturated rings. The highest BCUT2D eigenvalue weighted by molar-refractivity contribution is 9.10. The minimum atomic E-state index is -2.64. The number of halogens is 3. The predicted molar refractivity (Wildman–Crippen MR) is 53.0 cm³/mol. The summed E-state index contributed by atoms with van der Waals surface area (Å²) < 4.78 is 25.4. The van der Waals surface area contributed by atoms with E-state index in [0.717, 1.165) is 0 Å². The number of pyridine rings is 1. The summed E-state index contributed by atoms with van der Waals surface area (Å²) in [5.74, 6) is -1.09. The van der Waals surface area contributed by atoms with Gasteiger partial charge in [0.25, 0.3) is 6.43 Å². The summed E-state index contributed by atoms with van der Waals surface area (Å²) in [5, 5.41) is 8.55. The Morgan fingerprint density at radius 2 is 2.27 bits per heavy atom. The molecule has 1 N–H and O–H groups in total. The van der Waals surface area contributed by atoms with Gasteiger partial charge < -0.3 is 5.11 Å². The van der Waals surface area contributed by atoms with E-state index in [1.807, 2.05) is 0 Å². The molecule has 3 nitrogen and oxygen atoms in total. The highest BCUT2D eigenvalue weighted by Crippen LogP contribution is 2.31. The Hall–Kier alpha value is -1.04. The number of aliphatic carboxylic acids is 1. The van der Waals surface area contributed by atoms with E-state index in [2.05, 4.69) is 20.9 Å². The second kappa shape index (κ2) is 4.65. The molecule has 15 heavy (non-hydrogen) atoms. The van der Waals surface area contributed by atoms with Crippen LogP contribution in [0.25, 0.3) is 0 Å². The Labute approximate surface area is 93.3 Å². The van der Waals surface area contributed by atoms with Crippen molar-refractivity contribution in [3.05, 3.63) is 27.5 Å². The summed E-state index contributed by atoms with van der Waals surface area (Å²) in [4.78, 5) is 14.2. The molecule has 0 atom stereocenters. The Balaban J connectivity index is 3.22. The van der Waals surface area contributed by atoms with Gasteiger partial charge in [-0.15, -0.1) is 0 Å². The number of hydrogen-bond donors (Lipinski definition) is 1. The smallest absolute Gasteiger partial charge is 0.309 e. The van der Waals surface area contributed by atoms with Crippen LogP contribution >= 0.6 is 15.9 Å². The maximum absolute atomic E-state index is 12.6. The first kappa shape index (κ1) is 12.0. The Morgan fingerprint density at radius 3 is 2.73 bits per heavy atom. The van der Waals surface area contributed by atoms with Crippen LogP contribution in [0.4, 0.5) is 8.78 Å². The summed E-state index contributed by atoms with van der Waals surface area (Å²) >= 11 is 2.96. The fraction of sp³-hybridized carbons (Fsp3) is 0.333. The van der Waals surface area contributed by atoms with Crippen molar-refractivity contribution in [3.8, 4) is 0 Å². The molecule has 0 aliphatic heterocycles. The van der Waals surface area contributed by atoms with E-state index in [1.54, 1.807) is 0 Å². The van der Waals surface area contributed by atoms with Gasteiger partial charge in [0.2, 0.25) is 0 Å². The molecule has 0 amide bonds. The van der Waals surface area contributed by atoms with Crippen LogP contribution in [-0.2, 0) is 11.2 Å². The number of carbonyl (C=O) groups is 1. The molecule has 1 aromatic rings. The molecule has 0 unspecified atom stereocenters. The minimum Gasteiger partial charge on any atom is -0.481 e. The van der Waals surface area contributed by atoms with Gasteiger partial charge >= 0.3 is 5.97 Å². The van der Waals surface area contributed by atoms with Gasteiger partial charge in [0, 0.05) is 16.2 Å². The maximum atomic E-state index is 12.6. The van der Waals surface area contributed by atoms with Crippen LogP contribution in [0.2, 0.25) is 0 Å². The lowest BCUT2D eigenvalue weighted by Crippen LogP contribution is -2.07. The maximum Gasteiger partial charge on any atom is 0.309 e.